The van der Waals surface area contributed by atoms with Crippen LogP contribution in [0.25, 0.3) is 0 Å². The van der Waals surface area contributed by atoms with E-state index in [9.17, 15) is 0 Å². The Balaban J connectivity index is 1.95. The summed E-state index contributed by atoms with van der Waals surface area (Å²) in [7, 11) is 0. The first-order valence-electron chi connectivity index (χ1n) is 6.79. The van der Waals surface area contributed by atoms with E-state index in [2.05, 4.69) is 29.0 Å². The van der Waals surface area contributed by atoms with Crippen molar-refractivity contribution < 1.29 is 4.74 Å². The van der Waals surface area contributed by atoms with Crippen LogP contribution in [0.3, 0.4) is 0 Å². The number of ether oxygens (including phenoxy) is 1. The van der Waals surface area contributed by atoms with Crippen molar-refractivity contribution >= 4 is 11.3 Å². The normalized spacial score (nSPS) is 23.1. The van der Waals surface area contributed by atoms with Gasteiger partial charge in [0.1, 0.15) is 0 Å². The standard InChI is InChI=1S/C13H23N3OS/c1-3-14-11(9-13-15-5-8-18-13)12-10-16(4-2)6-7-17-12/h5,8,11-12,14H,3-4,6-7,9-10H2,1-2H3. The second-order valence-corrected chi connectivity index (χ2v) is 5.58. The minimum Gasteiger partial charge on any atom is -0.374 e. The Morgan fingerprint density at radius 1 is 1.61 bits per heavy atom. The number of likely N-dealkylation sites (N-methyl/N-ethyl adjacent to an activating group) is 2. The van der Waals surface area contributed by atoms with Crippen LogP contribution >= 0.6 is 11.3 Å². The largest absolute Gasteiger partial charge is 0.374 e. The predicted octanol–water partition coefficient (Wildman–Crippen LogP) is 1.38. The van der Waals surface area contributed by atoms with Crippen molar-refractivity contribution in [3.8, 4) is 0 Å². The van der Waals surface area contributed by atoms with Crippen LogP contribution in [0, 0.1) is 0 Å². The van der Waals surface area contributed by atoms with E-state index in [1.165, 1.54) is 5.01 Å². The van der Waals surface area contributed by atoms with Gasteiger partial charge in [0.2, 0.25) is 0 Å². The number of hydrogen-bond donors (Lipinski definition) is 1. The third-order valence-corrected chi connectivity index (χ3v) is 4.22. The molecule has 0 bridgehead atoms. The maximum Gasteiger partial charge on any atom is 0.0941 e. The van der Waals surface area contributed by atoms with Crippen LogP contribution < -0.4 is 5.32 Å². The monoisotopic (exact) mass is 269 g/mol. The van der Waals surface area contributed by atoms with Gasteiger partial charge >= 0.3 is 0 Å². The first-order chi connectivity index (χ1) is 8.83. The summed E-state index contributed by atoms with van der Waals surface area (Å²) in [6, 6.07) is 0.371. The number of nitrogens with zero attached hydrogens (tertiary/aromatic N) is 2. The molecule has 1 aromatic heterocycles. The fourth-order valence-corrected chi connectivity index (χ4v) is 3.08. The molecule has 4 nitrogen and oxygen atoms in total. The molecule has 0 spiro atoms. The Bertz CT molecular complexity index is 331. The molecule has 0 aliphatic carbocycles. The topological polar surface area (TPSA) is 37.4 Å². The fourth-order valence-electron chi connectivity index (χ4n) is 2.40. The van der Waals surface area contributed by atoms with E-state index in [1.807, 2.05) is 11.6 Å². The molecule has 18 heavy (non-hydrogen) atoms. The molecular weight excluding hydrogens is 246 g/mol. The molecule has 2 rings (SSSR count). The zero-order chi connectivity index (χ0) is 12.8. The van der Waals surface area contributed by atoms with Gasteiger partial charge in [0.25, 0.3) is 0 Å². The van der Waals surface area contributed by atoms with E-state index < -0.39 is 0 Å². The average Bonchev–Trinajstić information content (AvgIpc) is 2.91. The Morgan fingerprint density at radius 2 is 2.50 bits per heavy atom. The highest BCUT2D eigenvalue weighted by atomic mass is 32.1. The van der Waals surface area contributed by atoms with Crippen molar-refractivity contribution in [3.63, 3.8) is 0 Å². The minimum atomic E-state index is 0.280. The summed E-state index contributed by atoms with van der Waals surface area (Å²) in [5.41, 5.74) is 0. The van der Waals surface area contributed by atoms with Crippen LogP contribution in [-0.2, 0) is 11.2 Å². The lowest BCUT2D eigenvalue weighted by Crippen LogP contribution is -2.53. The minimum absolute atomic E-state index is 0.280. The highest BCUT2D eigenvalue weighted by Crippen LogP contribution is 2.15. The van der Waals surface area contributed by atoms with E-state index in [0.29, 0.717) is 6.04 Å². The van der Waals surface area contributed by atoms with Crippen molar-refractivity contribution in [1.29, 1.82) is 0 Å². The highest BCUT2D eigenvalue weighted by molar-refractivity contribution is 7.09. The fraction of sp³-hybridized carbons (Fsp3) is 0.769. The molecular formula is C13H23N3OS. The summed E-state index contributed by atoms with van der Waals surface area (Å²) in [6.45, 7) is 9.37. The number of aromatic nitrogens is 1. The van der Waals surface area contributed by atoms with Crippen LogP contribution in [0.4, 0.5) is 0 Å². The molecule has 2 unspecified atom stereocenters. The maximum atomic E-state index is 5.95. The summed E-state index contributed by atoms with van der Waals surface area (Å²) in [4.78, 5) is 6.84. The van der Waals surface area contributed by atoms with Gasteiger partial charge in [-0.1, -0.05) is 13.8 Å². The van der Waals surface area contributed by atoms with Crippen LogP contribution in [0.1, 0.15) is 18.9 Å². The lowest BCUT2D eigenvalue weighted by atomic mass is 10.1. The molecule has 1 fully saturated rings. The Morgan fingerprint density at radius 3 is 3.17 bits per heavy atom. The van der Waals surface area contributed by atoms with Crippen molar-refractivity contribution in [2.45, 2.75) is 32.4 Å². The molecule has 1 aliphatic rings. The van der Waals surface area contributed by atoms with Crippen LogP contribution in [-0.4, -0.2) is 54.8 Å². The van der Waals surface area contributed by atoms with Gasteiger partial charge in [-0.2, -0.15) is 0 Å². The zero-order valence-corrected chi connectivity index (χ0v) is 12.1. The first kappa shape index (κ1) is 13.9. The average molecular weight is 269 g/mol. The van der Waals surface area contributed by atoms with Gasteiger partial charge in [0.05, 0.1) is 17.7 Å². The van der Waals surface area contributed by atoms with Crippen molar-refractivity contribution in [3.05, 3.63) is 16.6 Å². The van der Waals surface area contributed by atoms with Crippen LogP contribution in [0.2, 0.25) is 0 Å². The summed E-state index contributed by atoms with van der Waals surface area (Å²) in [5, 5.41) is 6.78. The third-order valence-electron chi connectivity index (χ3n) is 3.42. The van der Waals surface area contributed by atoms with Gasteiger partial charge in [-0.25, -0.2) is 4.98 Å². The van der Waals surface area contributed by atoms with E-state index in [-0.39, 0.29) is 6.10 Å². The number of thiazole rings is 1. The molecule has 2 heterocycles. The molecule has 0 radical (unpaired) electrons. The maximum absolute atomic E-state index is 5.95. The van der Waals surface area contributed by atoms with E-state index >= 15 is 0 Å². The van der Waals surface area contributed by atoms with Crippen LogP contribution in [0.15, 0.2) is 11.6 Å². The molecule has 1 aliphatic heterocycles. The van der Waals surface area contributed by atoms with Gasteiger partial charge in [-0.15, -0.1) is 11.3 Å². The molecule has 102 valence electrons. The van der Waals surface area contributed by atoms with E-state index in [0.717, 1.165) is 39.2 Å². The Kier molecular flexibility index (Phi) is 5.56. The molecule has 1 saturated heterocycles. The van der Waals surface area contributed by atoms with Gasteiger partial charge in [-0.3, -0.25) is 4.90 Å². The summed E-state index contributed by atoms with van der Waals surface area (Å²) in [6.07, 6.45) is 3.12. The summed E-state index contributed by atoms with van der Waals surface area (Å²) < 4.78 is 5.95. The SMILES string of the molecule is CCNC(Cc1nccs1)C1CN(CC)CCO1. The van der Waals surface area contributed by atoms with Gasteiger partial charge < -0.3 is 10.1 Å². The summed E-state index contributed by atoms with van der Waals surface area (Å²) in [5.74, 6) is 0. The highest BCUT2D eigenvalue weighted by Gasteiger charge is 2.27. The third kappa shape index (κ3) is 3.75. The smallest absolute Gasteiger partial charge is 0.0941 e. The molecule has 1 N–H and O–H groups in total. The van der Waals surface area contributed by atoms with Gasteiger partial charge in [0.15, 0.2) is 0 Å². The molecule has 5 heteroatoms. The Labute approximate surface area is 113 Å². The number of hydrogen-bond acceptors (Lipinski definition) is 5. The van der Waals surface area contributed by atoms with Crippen molar-refractivity contribution in [2.24, 2.45) is 0 Å². The number of nitrogens with one attached hydrogen (secondary N) is 1. The van der Waals surface area contributed by atoms with E-state index in [1.54, 1.807) is 11.3 Å². The molecule has 0 amide bonds. The predicted molar refractivity (Wildman–Crippen MR) is 75.1 cm³/mol. The van der Waals surface area contributed by atoms with Crippen LogP contribution in [0.5, 0.6) is 0 Å². The zero-order valence-electron chi connectivity index (χ0n) is 11.3. The first-order valence-corrected chi connectivity index (χ1v) is 7.67. The quantitative estimate of drug-likeness (QED) is 0.847. The lowest BCUT2D eigenvalue weighted by Gasteiger charge is -2.36. The molecule has 0 saturated carbocycles. The molecule has 0 aromatic carbocycles. The summed E-state index contributed by atoms with van der Waals surface area (Å²) >= 11 is 1.73. The second-order valence-electron chi connectivity index (χ2n) is 4.60. The van der Waals surface area contributed by atoms with Crippen molar-refractivity contribution in [1.82, 2.24) is 15.2 Å². The number of morpholine rings is 1. The second kappa shape index (κ2) is 7.19. The van der Waals surface area contributed by atoms with E-state index in [4.69, 9.17) is 4.74 Å². The molecule has 2 atom stereocenters. The Hall–Kier alpha value is -0.490. The van der Waals surface area contributed by atoms with Gasteiger partial charge in [-0.05, 0) is 13.1 Å². The number of rotatable bonds is 6. The van der Waals surface area contributed by atoms with Crippen molar-refractivity contribution in [2.75, 3.05) is 32.8 Å². The van der Waals surface area contributed by atoms with Gasteiger partial charge in [0, 0.05) is 37.1 Å². The lowest BCUT2D eigenvalue weighted by molar-refractivity contribution is -0.0445. The molecule has 1 aromatic rings.